The lowest BCUT2D eigenvalue weighted by atomic mass is 10.1. The molecule has 1 saturated heterocycles. The van der Waals surface area contributed by atoms with Crippen LogP contribution in [0, 0.1) is 6.92 Å². The number of rotatable bonds is 3. The first-order valence-electron chi connectivity index (χ1n) is 10.4. The van der Waals surface area contributed by atoms with E-state index in [1.54, 1.807) is 0 Å². The Balaban J connectivity index is 1.49. The summed E-state index contributed by atoms with van der Waals surface area (Å²) in [5.41, 5.74) is 4.22. The Hall–Kier alpha value is -2.82. The van der Waals surface area contributed by atoms with Crippen molar-refractivity contribution in [2.75, 3.05) is 36.0 Å². The van der Waals surface area contributed by atoms with Crippen LogP contribution in [0.4, 0.5) is 11.5 Å². The first kappa shape index (κ1) is 20.1. The molecule has 4 nitrogen and oxygen atoms in total. The molecular weight excluding hydrogens is 427 g/mol. The second-order valence-electron chi connectivity index (χ2n) is 7.77. The molecule has 5 rings (SSSR count). The normalized spacial score (nSPS) is 14.3. The average molecular weight is 449 g/mol. The number of aromatic nitrogens is 2. The minimum Gasteiger partial charge on any atom is -0.368 e. The van der Waals surface area contributed by atoms with Crippen LogP contribution in [0.15, 0.2) is 66.7 Å². The van der Waals surface area contributed by atoms with Crippen molar-refractivity contribution >= 4 is 45.6 Å². The number of hydrogen-bond acceptors (Lipinski definition) is 4. The molecule has 0 unspecified atom stereocenters. The maximum atomic E-state index is 6.45. The van der Waals surface area contributed by atoms with Crippen molar-refractivity contribution in [3.63, 3.8) is 0 Å². The highest BCUT2D eigenvalue weighted by atomic mass is 35.5. The molecule has 0 radical (unpaired) electrons. The summed E-state index contributed by atoms with van der Waals surface area (Å²) in [6.45, 7) is 5.68. The molecule has 31 heavy (non-hydrogen) atoms. The molecule has 0 aliphatic carbocycles. The molecule has 0 bridgehead atoms. The van der Waals surface area contributed by atoms with Crippen molar-refractivity contribution < 1.29 is 0 Å². The molecule has 3 aromatic carbocycles. The smallest absolute Gasteiger partial charge is 0.163 e. The molecule has 4 aromatic rings. The van der Waals surface area contributed by atoms with E-state index in [1.165, 1.54) is 11.3 Å². The minimum absolute atomic E-state index is 0.657. The van der Waals surface area contributed by atoms with Crippen LogP contribution in [0.1, 0.15) is 5.56 Å². The summed E-state index contributed by atoms with van der Waals surface area (Å²) in [4.78, 5) is 14.5. The molecule has 1 aliphatic rings. The largest absolute Gasteiger partial charge is 0.368 e. The van der Waals surface area contributed by atoms with Gasteiger partial charge in [-0.2, -0.15) is 0 Å². The van der Waals surface area contributed by atoms with E-state index in [0.29, 0.717) is 10.8 Å². The number of benzene rings is 3. The number of fused-ring (bicyclic) bond motifs is 1. The number of hydrogen-bond donors (Lipinski definition) is 0. The van der Waals surface area contributed by atoms with Gasteiger partial charge in [0.05, 0.1) is 10.5 Å². The Kier molecular flexibility index (Phi) is 5.43. The number of para-hydroxylation sites is 1. The Morgan fingerprint density at radius 3 is 2.29 bits per heavy atom. The van der Waals surface area contributed by atoms with Crippen LogP contribution in [0.3, 0.4) is 0 Å². The Labute approximate surface area is 192 Å². The summed E-state index contributed by atoms with van der Waals surface area (Å²) in [5.74, 6) is 1.62. The van der Waals surface area contributed by atoms with E-state index < -0.39 is 0 Å². The predicted molar refractivity (Wildman–Crippen MR) is 131 cm³/mol. The summed E-state index contributed by atoms with van der Waals surface area (Å²) in [5, 5.41) is 2.49. The summed E-state index contributed by atoms with van der Waals surface area (Å²) in [6, 6.07) is 22.0. The summed E-state index contributed by atoms with van der Waals surface area (Å²) >= 11 is 12.7. The number of aryl methyl sites for hydroxylation is 1. The van der Waals surface area contributed by atoms with Gasteiger partial charge in [-0.15, -0.1) is 0 Å². The number of anilines is 2. The molecule has 1 aliphatic heterocycles. The molecule has 1 aromatic heterocycles. The molecule has 2 heterocycles. The second-order valence-corrected chi connectivity index (χ2v) is 8.62. The highest BCUT2D eigenvalue weighted by Gasteiger charge is 2.22. The minimum atomic E-state index is 0.657. The maximum Gasteiger partial charge on any atom is 0.163 e. The van der Waals surface area contributed by atoms with Crippen molar-refractivity contribution in [2.45, 2.75) is 6.92 Å². The Bertz CT molecular complexity index is 1250. The van der Waals surface area contributed by atoms with Gasteiger partial charge < -0.3 is 9.80 Å². The van der Waals surface area contributed by atoms with E-state index in [1.807, 2.05) is 48.5 Å². The lowest BCUT2D eigenvalue weighted by molar-refractivity contribution is 0.648. The molecular formula is C25H22Cl2N4. The van der Waals surface area contributed by atoms with Gasteiger partial charge in [0.2, 0.25) is 0 Å². The van der Waals surface area contributed by atoms with Crippen molar-refractivity contribution in [1.29, 1.82) is 0 Å². The van der Waals surface area contributed by atoms with Gasteiger partial charge in [0.1, 0.15) is 5.82 Å². The maximum absolute atomic E-state index is 6.45. The molecule has 0 amide bonds. The van der Waals surface area contributed by atoms with Crippen LogP contribution in [-0.4, -0.2) is 36.1 Å². The molecule has 6 heteroatoms. The predicted octanol–water partition coefficient (Wildman–Crippen LogP) is 6.24. The van der Waals surface area contributed by atoms with Crippen LogP contribution >= 0.6 is 23.2 Å². The lowest BCUT2D eigenvalue weighted by Crippen LogP contribution is -2.47. The molecule has 0 saturated carbocycles. The highest BCUT2D eigenvalue weighted by Crippen LogP contribution is 2.32. The van der Waals surface area contributed by atoms with E-state index in [0.717, 1.165) is 53.5 Å². The van der Waals surface area contributed by atoms with E-state index in [4.69, 9.17) is 33.2 Å². The zero-order chi connectivity index (χ0) is 21.4. The van der Waals surface area contributed by atoms with Crippen LogP contribution in [-0.2, 0) is 0 Å². The number of nitrogens with zero attached hydrogens (tertiary/aromatic N) is 4. The van der Waals surface area contributed by atoms with Crippen LogP contribution in [0.5, 0.6) is 0 Å². The van der Waals surface area contributed by atoms with Gasteiger partial charge in [0.25, 0.3) is 0 Å². The third kappa shape index (κ3) is 3.93. The van der Waals surface area contributed by atoms with Gasteiger partial charge in [-0.3, -0.25) is 0 Å². The monoisotopic (exact) mass is 448 g/mol. The summed E-state index contributed by atoms with van der Waals surface area (Å²) < 4.78 is 0. The molecule has 156 valence electrons. The standard InChI is InChI=1S/C25H22Cl2N4/c1-17-10-11-18(26)16-23(17)30-12-14-31(15-13-30)25-20-7-3-5-9-22(20)28-24(29-25)19-6-2-4-8-21(19)27/h2-11,16H,12-15H2,1H3. The van der Waals surface area contributed by atoms with Gasteiger partial charge in [-0.1, -0.05) is 53.5 Å². The summed E-state index contributed by atoms with van der Waals surface area (Å²) in [6.07, 6.45) is 0. The third-order valence-corrected chi connectivity index (χ3v) is 6.35. The van der Waals surface area contributed by atoms with Gasteiger partial charge in [-0.05, 0) is 48.9 Å². The van der Waals surface area contributed by atoms with Gasteiger partial charge >= 0.3 is 0 Å². The van der Waals surface area contributed by atoms with Crippen LogP contribution in [0.2, 0.25) is 10.0 Å². The number of piperazine rings is 1. The zero-order valence-electron chi connectivity index (χ0n) is 17.2. The fourth-order valence-corrected chi connectivity index (χ4v) is 4.53. The van der Waals surface area contributed by atoms with Crippen LogP contribution < -0.4 is 9.80 Å². The van der Waals surface area contributed by atoms with Gasteiger partial charge in [0.15, 0.2) is 5.82 Å². The van der Waals surface area contributed by atoms with Crippen molar-refractivity contribution in [2.24, 2.45) is 0 Å². The van der Waals surface area contributed by atoms with E-state index in [9.17, 15) is 0 Å². The highest BCUT2D eigenvalue weighted by molar-refractivity contribution is 6.33. The Morgan fingerprint density at radius 1 is 0.774 bits per heavy atom. The van der Waals surface area contributed by atoms with E-state index >= 15 is 0 Å². The SMILES string of the molecule is Cc1ccc(Cl)cc1N1CCN(c2nc(-c3ccccc3Cl)nc3ccccc23)CC1. The van der Waals surface area contributed by atoms with E-state index in [-0.39, 0.29) is 0 Å². The summed E-state index contributed by atoms with van der Waals surface area (Å²) in [7, 11) is 0. The van der Waals surface area contributed by atoms with E-state index in [2.05, 4.69) is 34.9 Å². The van der Waals surface area contributed by atoms with Crippen molar-refractivity contribution in [1.82, 2.24) is 9.97 Å². The average Bonchev–Trinajstić information content (AvgIpc) is 2.80. The molecule has 0 N–H and O–H groups in total. The Morgan fingerprint density at radius 2 is 1.48 bits per heavy atom. The first-order chi connectivity index (χ1) is 15.1. The molecule has 0 spiro atoms. The molecule has 0 atom stereocenters. The first-order valence-corrected chi connectivity index (χ1v) is 11.1. The van der Waals surface area contributed by atoms with Crippen LogP contribution in [0.25, 0.3) is 22.3 Å². The fourth-order valence-electron chi connectivity index (χ4n) is 4.15. The second kappa shape index (κ2) is 8.37. The van der Waals surface area contributed by atoms with Crippen molar-refractivity contribution in [3.8, 4) is 11.4 Å². The topological polar surface area (TPSA) is 32.3 Å². The van der Waals surface area contributed by atoms with Crippen molar-refractivity contribution in [3.05, 3.63) is 82.3 Å². The molecule has 1 fully saturated rings. The third-order valence-electron chi connectivity index (χ3n) is 5.79. The number of halogens is 2. The van der Waals surface area contributed by atoms with Gasteiger partial charge in [-0.25, -0.2) is 9.97 Å². The fraction of sp³-hybridized carbons (Fsp3) is 0.200. The lowest BCUT2D eigenvalue weighted by Gasteiger charge is -2.38. The van der Waals surface area contributed by atoms with Gasteiger partial charge in [0, 0.05) is 47.8 Å². The zero-order valence-corrected chi connectivity index (χ0v) is 18.7. The quantitative estimate of drug-likeness (QED) is 0.371.